The molecule has 0 aromatic carbocycles. The highest BCUT2D eigenvalue weighted by molar-refractivity contribution is 6.38. The van der Waals surface area contributed by atoms with Gasteiger partial charge in [-0.2, -0.15) is 0 Å². The van der Waals surface area contributed by atoms with Crippen molar-refractivity contribution >= 4 is 15.2 Å². The second-order valence-electron chi connectivity index (χ2n) is 5.25. The molecule has 1 unspecified atom stereocenters. The molecule has 19 heavy (non-hydrogen) atoms. The average Bonchev–Trinajstić information content (AvgIpc) is 2.45. The minimum atomic E-state index is -0.0288. The molecule has 1 fully saturated rings. The summed E-state index contributed by atoms with van der Waals surface area (Å²) >= 11 is 0. The van der Waals surface area contributed by atoms with Gasteiger partial charge in [0.05, 0.1) is 0 Å². The number of nitrogens with zero attached hydrogens (tertiary/aromatic N) is 1. The highest BCUT2D eigenvalue weighted by Gasteiger charge is 2.16. The first kappa shape index (κ1) is 16.9. The predicted molar refractivity (Wildman–Crippen MR) is 82.2 cm³/mol. The van der Waals surface area contributed by atoms with Gasteiger partial charge in [0.25, 0.3) is 0 Å². The van der Waals surface area contributed by atoms with Crippen molar-refractivity contribution in [2.45, 2.75) is 69.7 Å². The molecule has 0 bridgehead atoms. The fourth-order valence-corrected chi connectivity index (χ4v) is 3.99. The van der Waals surface area contributed by atoms with E-state index in [-0.39, 0.29) is 5.91 Å². The van der Waals surface area contributed by atoms with E-state index in [0.29, 0.717) is 5.54 Å². The van der Waals surface area contributed by atoms with E-state index in [1.807, 2.05) is 0 Å². The molecule has 0 amide bonds. The normalized spacial score (nSPS) is 17.8. The summed E-state index contributed by atoms with van der Waals surface area (Å²) in [5, 5.41) is 0. The van der Waals surface area contributed by atoms with Crippen LogP contribution < -0.4 is 0 Å². The quantitative estimate of drug-likeness (QED) is 0.478. The molecule has 0 aliphatic heterocycles. The lowest BCUT2D eigenvalue weighted by Crippen LogP contribution is -2.25. The lowest BCUT2D eigenvalue weighted by atomic mass is 9.98. The second kappa shape index (κ2) is 10.6. The Morgan fingerprint density at radius 2 is 1.79 bits per heavy atom. The molecule has 2 radical (unpaired) electrons. The van der Waals surface area contributed by atoms with Gasteiger partial charge in [0.2, 0.25) is 0 Å². The molecule has 1 rings (SSSR count). The van der Waals surface area contributed by atoms with Crippen LogP contribution in [0.3, 0.4) is 0 Å². The van der Waals surface area contributed by atoms with Gasteiger partial charge >= 0.3 is 0 Å². The van der Waals surface area contributed by atoms with Crippen LogP contribution in [-0.2, 0) is 9.47 Å². The molecule has 0 saturated heterocycles. The largest absolute Gasteiger partial charge is 0.360 e. The lowest BCUT2D eigenvalue weighted by molar-refractivity contribution is -0.0449. The summed E-state index contributed by atoms with van der Waals surface area (Å²) in [5.74, 6) is -0.0288. The van der Waals surface area contributed by atoms with Crippen molar-refractivity contribution in [2.75, 3.05) is 20.8 Å². The number of ether oxygens (including phenoxy) is 2. The van der Waals surface area contributed by atoms with Crippen molar-refractivity contribution in [1.29, 1.82) is 0 Å². The summed E-state index contributed by atoms with van der Waals surface area (Å²) < 4.78 is 10.7. The van der Waals surface area contributed by atoms with Crippen molar-refractivity contribution in [2.24, 2.45) is 4.99 Å². The molecule has 0 spiro atoms. The van der Waals surface area contributed by atoms with Gasteiger partial charge in [0, 0.05) is 26.5 Å². The van der Waals surface area contributed by atoms with Crippen molar-refractivity contribution in [3.63, 3.8) is 0 Å². The number of hydrogen-bond acceptors (Lipinski definition) is 3. The highest BCUT2D eigenvalue weighted by atomic mass is 28.2. The summed E-state index contributed by atoms with van der Waals surface area (Å²) in [7, 11) is 4.18. The Morgan fingerprint density at radius 1 is 1.11 bits per heavy atom. The maximum Gasteiger partial charge on any atom is 0.136 e. The van der Waals surface area contributed by atoms with Gasteiger partial charge < -0.3 is 9.47 Å². The Balaban J connectivity index is 2.31. The number of aliphatic imine (C=N–C) groups is 1. The summed E-state index contributed by atoms with van der Waals surface area (Å²) in [6.07, 6.45) is 10.2. The fourth-order valence-electron chi connectivity index (χ4n) is 2.58. The smallest absolute Gasteiger partial charge is 0.136 e. The van der Waals surface area contributed by atoms with Crippen LogP contribution in [0.2, 0.25) is 5.54 Å². The SMILES string of the molecule is CCCC(CCN=C1CCCCC1)[Si]C(OC)OC. The molecule has 3 nitrogen and oxygen atoms in total. The standard InChI is InChI=1S/C15H29NO2Si/c1-4-8-14(19-15(17-2)18-3)11-12-16-13-9-6-5-7-10-13/h14-15H,4-12H2,1-3H3. The lowest BCUT2D eigenvalue weighted by Gasteiger charge is -2.20. The summed E-state index contributed by atoms with van der Waals surface area (Å²) in [5.41, 5.74) is 2.16. The molecule has 1 aliphatic carbocycles. The Kier molecular flexibility index (Phi) is 9.39. The Hall–Kier alpha value is -0.193. The van der Waals surface area contributed by atoms with Crippen LogP contribution in [0.4, 0.5) is 0 Å². The van der Waals surface area contributed by atoms with Gasteiger partial charge in [-0.15, -0.1) is 0 Å². The first-order chi connectivity index (χ1) is 9.30. The molecular formula is C15H29NO2Si. The zero-order valence-electron chi connectivity index (χ0n) is 12.8. The van der Waals surface area contributed by atoms with Gasteiger partial charge in [-0.3, -0.25) is 4.99 Å². The van der Waals surface area contributed by atoms with Crippen LogP contribution in [0, 0.1) is 0 Å². The van der Waals surface area contributed by atoms with Crippen LogP contribution in [0.25, 0.3) is 0 Å². The maximum absolute atomic E-state index is 5.33. The van der Waals surface area contributed by atoms with Crippen molar-refractivity contribution < 1.29 is 9.47 Å². The molecule has 1 saturated carbocycles. The van der Waals surface area contributed by atoms with E-state index in [1.54, 1.807) is 14.2 Å². The van der Waals surface area contributed by atoms with Gasteiger partial charge in [-0.05, 0) is 37.6 Å². The third-order valence-electron chi connectivity index (χ3n) is 3.68. The van der Waals surface area contributed by atoms with Gasteiger partial charge in [0.15, 0.2) is 0 Å². The maximum atomic E-state index is 5.33. The molecule has 0 aromatic rings. The summed E-state index contributed by atoms with van der Waals surface area (Å²) in [6, 6.07) is 0. The van der Waals surface area contributed by atoms with Crippen LogP contribution in [-0.4, -0.2) is 41.9 Å². The first-order valence-corrected chi connectivity index (χ1v) is 8.79. The fraction of sp³-hybridized carbons (Fsp3) is 0.933. The molecule has 0 heterocycles. The molecule has 110 valence electrons. The van der Waals surface area contributed by atoms with Gasteiger partial charge in [-0.1, -0.05) is 26.2 Å². The summed E-state index contributed by atoms with van der Waals surface area (Å²) in [4.78, 5) is 4.80. The summed E-state index contributed by atoms with van der Waals surface area (Å²) in [6.45, 7) is 3.24. The minimum absolute atomic E-state index is 0.0288. The van der Waals surface area contributed by atoms with Crippen LogP contribution >= 0.6 is 0 Å². The number of hydrogen-bond donors (Lipinski definition) is 0. The van der Waals surface area contributed by atoms with E-state index in [0.717, 1.165) is 16.1 Å². The van der Waals surface area contributed by atoms with Crippen molar-refractivity contribution in [3.8, 4) is 0 Å². The van der Waals surface area contributed by atoms with Crippen molar-refractivity contribution in [3.05, 3.63) is 0 Å². The third kappa shape index (κ3) is 7.23. The minimum Gasteiger partial charge on any atom is -0.360 e. The molecule has 4 heteroatoms. The zero-order chi connectivity index (χ0) is 13.9. The molecule has 1 atom stereocenters. The average molecular weight is 283 g/mol. The molecule has 0 N–H and O–H groups in total. The second-order valence-corrected chi connectivity index (χ2v) is 6.87. The third-order valence-corrected chi connectivity index (χ3v) is 5.47. The zero-order valence-corrected chi connectivity index (χ0v) is 13.8. The van der Waals surface area contributed by atoms with Gasteiger partial charge in [-0.25, -0.2) is 0 Å². The van der Waals surface area contributed by atoms with Crippen LogP contribution in [0.15, 0.2) is 4.99 Å². The first-order valence-electron chi connectivity index (χ1n) is 7.64. The van der Waals surface area contributed by atoms with Crippen LogP contribution in [0.5, 0.6) is 0 Å². The Labute approximate surface area is 121 Å². The van der Waals surface area contributed by atoms with Crippen LogP contribution in [0.1, 0.15) is 58.3 Å². The van der Waals surface area contributed by atoms with E-state index in [2.05, 4.69) is 6.92 Å². The Morgan fingerprint density at radius 3 is 2.37 bits per heavy atom. The van der Waals surface area contributed by atoms with E-state index < -0.39 is 0 Å². The van der Waals surface area contributed by atoms with Crippen molar-refractivity contribution in [1.82, 2.24) is 0 Å². The van der Waals surface area contributed by atoms with E-state index in [1.165, 1.54) is 57.1 Å². The molecule has 0 aromatic heterocycles. The Bertz CT molecular complexity index is 247. The highest BCUT2D eigenvalue weighted by Crippen LogP contribution is 2.20. The number of rotatable bonds is 9. The van der Waals surface area contributed by atoms with Gasteiger partial charge in [0.1, 0.15) is 15.4 Å². The molecule has 1 aliphatic rings. The van der Waals surface area contributed by atoms with E-state index in [4.69, 9.17) is 14.5 Å². The monoisotopic (exact) mass is 283 g/mol. The van der Waals surface area contributed by atoms with E-state index in [9.17, 15) is 0 Å². The topological polar surface area (TPSA) is 30.8 Å². The predicted octanol–water partition coefficient (Wildman–Crippen LogP) is 3.65. The van der Waals surface area contributed by atoms with E-state index >= 15 is 0 Å². The number of methoxy groups -OCH3 is 2. The molecular weight excluding hydrogens is 254 g/mol.